The van der Waals surface area contributed by atoms with Crippen LogP contribution in [0.2, 0.25) is 0 Å². The highest BCUT2D eigenvalue weighted by atomic mass is 32.2. The van der Waals surface area contributed by atoms with Gasteiger partial charge in [-0.05, 0) is 24.2 Å². The molecule has 156 valence electrons. The van der Waals surface area contributed by atoms with Crippen LogP contribution in [0.15, 0.2) is 0 Å². The van der Waals surface area contributed by atoms with Crippen LogP contribution in [0.5, 0.6) is 0 Å². The summed E-state index contributed by atoms with van der Waals surface area (Å²) < 4.78 is 36.6. The Kier molecular flexibility index (Phi) is 8.35. The third kappa shape index (κ3) is 9.33. The number of carbonyl (C=O) groups excluding carboxylic acids is 1. The monoisotopic (exact) mass is 394 g/mol. The minimum atomic E-state index is -3.93. The Labute approximate surface area is 160 Å². The first-order valence-corrected chi connectivity index (χ1v) is 10.8. The predicted molar refractivity (Wildman–Crippen MR) is 105 cm³/mol. The fourth-order valence-electron chi connectivity index (χ4n) is 3.04. The first kappa shape index (κ1) is 25.3. The minimum absolute atomic E-state index is 0.00612. The third-order valence-corrected chi connectivity index (χ3v) is 5.89. The first-order valence-electron chi connectivity index (χ1n) is 9.24. The third-order valence-electron chi connectivity index (χ3n) is 5.09. The zero-order valence-corrected chi connectivity index (χ0v) is 19.0. The molecule has 7 heteroatoms. The highest BCUT2D eigenvalue weighted by Gasteiger charge is 2.47. The van der Waals surface area contributed by atoms with Crippen LogP contribution >= 0.6 is 0 Å². The molecule has 0 aliphatic carbocycles. The van der Waals surface area contributed by atoms with Crippen LogP contribution in [0.4, 0.5) is 0 Å². The molecule has 0 fully saturated rings. The van der Waals surface area contributed by atoms with Crippen LogP contribution in [0, 0.1) is 16.2 Å². The van der Waals surface area contributed by atoms with Gasteiger partial charge in [-0.25, -0.2) is 0 Å². The fraction of sp³-hybridized carbons (Fsp3) is 0.947. The smallest absolute Gasteiger partial charge is 0.312 e. The van der Waals surface area contributed by atoms with Gasteiger partial charge in [0, 0.05) is 6.42 Å². The molecule has 0 radical (unpaired) electrons. The lowest BCUT2D eigenvalue weighted by Crippen LogP contribution is -2.47. The summed E-state index contributed by atoms with van der Waals surface area (Å²) in [5, 5.41) is 0. The summed E-state index contributed by atoms with van der Waals surface area (Å²) >= 11 is 0. The average Bonchev–Trinajstić information content (AvgIpc) is 2.32. The standard InChI is InChI=1S/C19H39NO5S/c1-17(2,3)15-19(7,18(4,5)6)16(21)25-13-12-20(8,9)11-10-14-26(22,23)24/h10-15H2,1-9H3/p+1. The number of ether oxygens (including phenoxy) is 1. The number of nitrogens with zero attached hydrogens (tertiary/aromatic N) is 1. The second-order valence-corrected chi connectivity index (χ2v) is 12.1. The maximum atomic E-state index is 12.9. The second kappa shape index (κ2) is 8.57. The van der Waals surface area contributed by atoms with Gasteiger partial charge in [-0.1, -0.05) is 41.5 Å². The van der Waals surface area contributed by atoms with Crippen molar-refractivity contribution >= 4 is 16.1 Å². The molecule has 6 nitrogen and oxygen atoms in total. The van der Waals surface area contributed by atoms with E-state index in [9.17, 15) is 13.2 Å². The second-order valence-electron chi connectivity index (χ2n) is 10.5. The number of likely N-dealkylation sites (N-methyl/N-ethyl adjacent to an activating group) is 1. The van der Waals surface area contributed by atoms with Gasteiger partial charge in [0.2, 0.25) is 0 Å². The van der Waals surface area contributed by atoms with Crippen LogP contribution in [0.25, 0.3) is 0 Å². The van der Waals surface area contributed by atoms with Crippen LogP contribution in [0.1, 0.15) is 61.3 Å². The van der Waals surface area contributed by atoms with Crippen molar-refractivity contribution in [2.24, 2.45) is 16.2 Å². The van der Waals surface area contributed by atoms with Crippen molar-refractivity contribution in [1.82, 2.24) is 0 Å². The Balaban J connectivity index is 4.78. The van der Waals surface area contributed by atoms with Gasteiger partial charge in [0.15, 0.2) is 0 Å². The van der Waals surface area contributed by atoms with Crippen molar-refractivity contribution in [3.8, 4) is 0 Å². The molecule has 26 heavy (non-hydrogen) atoms. The Morgan fingerprint density at radius 2 is 1.50 bits per heavy atom. The SMILES string of the molecule is CC(C)(C)CC(C)(C(=O)OCC[N+](C)(C)CCCS(=O)(=O)O)C(C)(C)C. The van der Waals surface area contributed by atoms with Crippen molar-refractivity contribution in [3.63, 3.8) is 0 Å². The normalized spacial score (nSPS) is 16.2. The topological polar surface area (TPSA) is 80.7 Å². The van der Waals surface area contributed by atoms with E-state index in [0.717, 1.165) is 6.42 Å². The van der Waals surface area contributed by atoms with Gasteiger partial charge < -0.3 is 9.22 Å². The van der Waals surface area contributed by atoms with Crippen molar-refractivity contribution in [2.75, 3.05) is 39.5 Å². The quantitative estimate of drug-likeness (QED) is 0.368. The van der Waals surface area contributed by atoms with Gasteiger partial charge in [-0.2, -0.15) is 8.42 Å². The summed E-state index contributed by atoms with van der Waals surface area (Å²) in [4.78, 5) is 12.9. The van der Waals surface area contributed by atoms with Gasteiger partial charge in [0.1, 0.15) is 13.2 Å². The highest BCUT2D eigenvalue weighted by molar-refractivity contribution is 7.85. The fourth-order valence-corrected chi connectivity index (χ4v) is 3.53. The molecule has 0 aromatic carbocycles. The molecule has 0 aliphatic heterocycles. The molecular weight excluding hydrogens is 354 g/mol. The molecule has 1 N–H and O–H groups in total. The molecule has 0 spiro atoms. The Bertz CT molecular complexity index is 570. The van der Waals surface area contributed by atoms with E-state index in [1.54, 1.807) is 0 Å². The molecule has 0 rings (SSSR count). The zero-order valence-electron chi connectivity index (χ0n) is 18.2. The van der Waals surface area contributed by atoms with E-state index >= 15 is 0 Å². The molecule has 0 aromatic rings. The molecule has 1 atom stereocenters. The Hall–Kier alpha value is -0.660. The summed E-state index contributed by atoms with van der Waals surface area (Å²) in [6.45, 7) is 16.0. The van der Waals surface area contributed by atoms with Crippen molar-refractivity contribution in [1.29, 1.82) is 0 Å². The summed E-state index contributed by atoms with van der Waals surface area (Å²) in [7, 11) is -0.0204. The van der Waals surface area contributed by atoms with Crippen LogP contribution in [0.3, 0.4) is 0 Å². The van der Waals surface area contributed by atoms with Gasteiger partial charge in [-0.15, -0.1) is 0 Å². The summed E-state index contributed by atoms with van der Waals surface area (Å²) in [6, 6.07) is 0. The molecule has 0 aliphatic rings. The van der Waals surface area contributed by atoms with Gasteiger partial charge in [-0.3, -0.25) is 9.35 Å². The largest absolute Gasteiger partial charge is 0.459 e. The molecule has 0 bridgehead atoms. The zero-order chi connectivity index (χ0) is 21.0. The summed E-state index contributed by atoms with van der Waals surface area (Å²) in [6.07, 6.45) is 1.10. The Morgan fingerprint density at radius 3 is 1.88 bits per heavy atom. The van der Waals surface area contributed by atoms with E-state index < -0.39 is 15.5 Å². The number of carbonyl (C=O) groups is 1. The van der Waals surface area contributed by atoms with Crippen LogP contribution < -0.4 is 0 Å². The van der Waals surface area contributed by atoms with E-state index in [1.165, 1.54) is 0 Å². The van der Waals surface area contributed by atoms with Crippen molar-refractivity contribution in [3.05, 3.63) is 0 Å². The summed E-state index contributed by atoms with van der Waals surface area (Å²) in [5.74, 6) is -0.430. The predicted octanol–water partition coefficient (Wildman–Crippen LogP) is 3.37. The Morgan fingerprint density at radius 1 is 1.00 bits per heavy atom. The first-order chi connectivity index (χ1) is 11.3. The van der Waals surface area contributed by atoms with E-state index in [4.69, 9.17) is 9.29 Å². The minimum Gasteiger partial charge on any atom is -0.459 e. The number of rotatable bonds is 9. The van der Waals surface area contributed by atoms with Gasteiger partial charge in [0.05, 0.1) is 31.8 Å². The van der Waals surface area contributed by atoms with E-state index in [0.29, 0.717) is 24.0 Å². The van der Waals surface area contributed by atoms with E-state index in [1.807, 2.05) is 21.0 Å². The molecular formula is C19H40NO5S+. The van der Waals surface area contributed by atoms with E-state index in [-0.39, 0.29) is 29.2 Å². The lowest BCUT2D eigenvalue weighted by Gasteiger charge is -2.43. The van der Waals surface area contributed by atoms with E-state index in [2.05, 4.69) is 41.5 Å². The number of esters is 1. The average molecular weight is 395 g/mol. The highest BCUT2D eigenvalue weighted by Crippen LogP contribution is 2.47. The van der Waals surface area contributed by atoms with Crippen LogP contribution in [-0.2, 0) is 19.6 Å². The van der Waals surface area contributed by atoms with Crippen molar-refractivity contribution < 1.29 is 27.0 Å². The maximum Gasteiger partial charge on any atom is 0.312 e. The molecule has 0 aromatic heterocycles. The van der Waals surface area contributed by atoms with Gasteiger partial charge >= 0.3 is 5.97 Å². The van der Waals surface area contributed by atoms with Gasteiger partial charge in [0.25, 0.3) is 10.1 Å². The molecule has 0 heterocycles. The number of quaternary nitrogens is 1. The summed E-state index contributed by atoms with van der Waals surface area (Å²) in [5.41, 5.74) is -0.809. The van der Waals surface area contributed by atoms with Crippen LogP contribution in [-0.4, -0.2) is 63.0 Å². The lowest BCUT2D eigenvalue weighted by molar-refractivity contribution is -0.890. The maximum absolute atomic E-state index is 12.9. The number of hydrogen-bond acceptors (Lipinski definition) is 4. The molecule has 0 saturated carbocycles. The van der Waals surface area contributed by atoms with Crippen molar-refractivity contribution in [2.45, 2.75) is 61.3 Å². The number of hydrogen-bond donors (Lipinski definition) is 1. The molecule has 0 saturated heterocycles. The lowest BCUT2D eigenvalue weighted by atomic mass is 9.61. The molecule has 0 amide bonds. The molecule has 1 unspecified atom stereocenters.